The Kier molecular flexibility index (Phi) is 6.27. The topological polar surface area (TPSA) is 9.86 Å². The lowest BCUT2D eigenvalue weighted by Gasteiger charge is -2.12. The lowest BCUT2D eigenvalue weighted by molar-refractivity contribution is 1.10. The van der Waals surface area contributed by atoms with E-state index in [0.29, 0.717) is 0 Å². The van der Waals surface area contributed by atoms with Gasteiger partial charge in [0.05, 0.1) is 16.6 Å². The molecule has 8 aromatic rings. The van der Waals surface area contributed by atoms with Crippen LogP contribution in [0.2, 0.25) is 0 Å². The van der Waals surface area contributed by atoms with E-state index < -0.39 is 0 Å². The molecule has 44 heavy (non-hydrogen) atoms. The molecule has 0 saturated heterocycles. The maximum atomic E-state index is 2.40. The predicted molar refractivity (Wildman–Crippen MR) is 188 cm³/mol. The first-order chi connectivity index (χ1) is 21.7. The summed E-state index contributed by atoms with van der Waals surface area (Å²) in [5, 5.41) is 3.83. The highest BCUT2D eigenvalue weighted by Crippen LogP contribution is 2.36. The van der Waals surface area contributed by atoms with Gasteiger partial charge in [-0.25, -0.2) is 0 Å². The SMILES string of the molecule is CC=Cc1c(C)c2ccccc2n1-c1ccc(-c2ccc(-n3c4ccccc4c4ccc(-c5ccccc5)cc43)cc2)cc1. The van der Waals surface area contributed by atoms with Gasteiger partial charge >= 0.3 is 0 Å². The Hall–Kier alpha value is -5.60. The molecule has 2 aromatic heterocycles. The largest absolute Gasteiger partial charge is 0.310 e. The third-order valence-electron chi connectivity index (χ3n) is 8.86. The Morgan fingerprint density at radius 2 is 0.932 bits per heavy atom. The van der Waals surface area contributed by atoms with Gasteiger partial charge in [0.25, 0.3) is 0 Å². The Labute approximate surface area is 257 Å². The smallest absolute Gasteiger partial charge is 0.0547 e. The minimum atomic E-state index is 1.16. The fourth-order valence-electron chi connectivity index (χ4n) is 6.72. The Morgan fingerprint density at radius 3 is 1.59 bits per heavy atom. The zero-order valence-electron chi connectivity index (χ0n) is 24.9. The molecule has 0 radical (unpaired) electrons. The summed E-state index contributed by atoms with van der Waals surface area (Å²) >= 11 is 0. The number of hydrogen-bond donors (Lipinski definition) is 0. The fourth-order valence-corrected chi connectivity index (χ4v) is 6.72. The quantitative estimate of drug-likeness (QED) is 0.197. The first-order valence-corrected chi connectivity index (χ1v) is 15.2. The standard InChI is InChI=1S/C42H32N2/c1-3-11-39-29(2)36-14-7-9-16-40(36)43(39)34-23-18-31(19-24-34)32-20-25-35(26-21-32)44-41-17-10-8-15-37(41)38-27-22-33(28-42(38)44)30-12-5-4-6-13-30/h3-28H,1-2H3. The average molecular weight is 565 g/mol. The monoisotopic (exact) mass is 564 g/mol. The molecule has 2 nitrogen and oxygen atoms in total. The molecular weight excluding hydrogens is 532 g/mol. The average Bonchev–Trinajstić information content (AvgIpc) is 3.57. The van der Waals surface area contributed by atoms with Crippen LogP contribution in [0.3, 0.4) is 0 Å². The van der Waals surface area contributed by atoms with E-state index in [1.54, 1.807) is 0 Å². The molecule has 2 heterocycles. The van der Waals surface area contributed by atoms with E-state index in [1.807, 2.05) is 0 Å². The van der Waals surface area contributed by atoms with Crippen LogP contribution in [0.5, 0.6) is 0 Å². The van der Waals surface area contributed by atoms with Crippen molar-refractivity contribution in [2.24, 2.45) is 0 Å². The Bertz CT molecular complexity index is 2310. The van der Waals surface area contributed by atoms with Gasteiger partial charge in [-0.2, -0.15) is 0 Å². The summed E-state index contributed by atoms with van der Waals surface area (Å²) in [5.74, 6) is 0. The lowest BCUT2D eigenvalue weighted by atomic mass is 10.0. The molecule has 0 aliphatic heterocycles. The van der Waals surface area contributed by atoms with Crippen molar-refractivity contribution in [1.82, 2.24) is 9.13 Å². The number of hydrogen-bond acceptors (Lipinski definition) is 0. The summed E-state index contributed by atoms with van der Waals surface area (Å²) < 4.78 is 4.76. The Balaban J connectivity index is 1.19. The summed E-state index contributed by atoms with van der Waals surface area (Å²) in [6.45, 7) is 4.29. The molecule has 0 aliphatic rings. The number of aryl methyl sites for hydroxylation is 1. The minimum absolute atomic E-state index is 1.16. The van der Waals surface area contributed by atoms with Gasteiger partial charge in [0.15, 0.2) is 0 Å². The van der Waals surface area contributed by atoms with Gasteiger partial charge < -0.3 is 9.13 Å². The molecule has 0 aliphatic carbocycles. The maximum Gasteiger partial charge on any atom is 0.0547 e. The van der Waals surface area contributed by atoms with Crippen molar-refractivity contribution in [1.29, 1.82) is 0 Å². The van der Waals surface area contributed by atoms with Crippen LogP contribution in [-0.4, -0.2) is 9.13 Å². The van der Waals surface area contributed by atoms with Gasteiger partial charge in [0.1, 0.15) is 0 Å². The molecule has 8 rings (SSSR count). The van der Waals surface area contributed by atoms with Crippen LogP contribution < -0.4 is 0 Å². The molecule has 0 N–H and O–H groups in total. The van der Waals surface area contributed by atoms with Crippen LogP contribution in [0.15, 0.2) is 152 Å². The van der Waals surface area contributed by atoms with Crippen molar-refractivity contribution < 1.29 is 0 Å². The van der Waals surface area contributed by atoms with Crippen LogP contribution in [0.1, 0.15) is 18.2 Å². The minimum Gasteiger partial charge on any atom is -0.310 e. The summed E-state index contributed by atoms with van der Waals surface area (Å²) in [6.07, 6.45) is 4.33. The first-order valence-electron chi connectivity index (χ1n) is 15.2. The van der Waals surface area contributed by atoms with E-state index in [9.17, 15) is 0 Å². The number of benzene rings is 6. The fraction of sp³-hybridized carbons (Fsp3) is 0.0476. The highest BCUT2D eigenvalue weighted by atomic mass is 15.0. The number of rotatable bonds is 5. The highest BCUT2D eigenvalue weighted by Gasteiger charge is 2.15. The molecule has 0 unspecified atom stereocenters. The van der Waals surface area contributed by atoms with Gasteiger partial charge in [-0.3, -0.25) is 0 Å². The maximum absolute atomic E-state index is 2.40. The summed E-state index contributed by atoms with van der Waals surface area (Å²) in [7, 11) is 0. The molecule has 210 valence electrons. The van der Waals surface area contributed by atoms with E-state index in [2.05, 4.69) is 181 Å². The normalized spacial score (nSPS) is 11.8. The van der Waals surface area contributed by atoms with Crippen molar-refractivity contribution >= 4 is 38.8 Å². The van der Waals surface area contributed by atoms with Crippen molar-refractivity contribution in [3.63, 3.8) is 0 Å². The number of allylic oxidation sites excluding steroid dienone is 1. The van der Waals surface area contributed by atoms with E-state index in [-0.39, 0.29) is 0 Å². The summed E-state index contributed by atoms with van der Waals surface area (Å²) in [6, 6.07) is 52.7. The van der Waals surface area contributed by atoms with E-state index >= 15 is 0 Å². The van der Waals surface area contributed by atoms with Gasteiger partial charge in [-0.15, -0.1) is 0 Å². The molecule has 6 aromatic carbocycles. The number of nitrogens with zero attached hydrogens (tertiary/aromatic N) is 2. The van der Waals surface area contributed by atoms with Crippen LogP contribution in [0.25, 0.3) is 72.4 Å². The molecule has 0 amide bonds. The third-order valence-corrected chi connectivity index (χ3v) is 8.86. The van der Waals surface area contributed by atoms with E-state index in [4.69, 9.17) is 0 Å². The number of aromatic nitrogens is 2. The molecule has 0 spiro atoms. The second-order valence-electron chi connectivity index (χ2n) is 11.4. The molecule has 2 heteroatoms. The number of fused-ring (bicyclic) bond motifs is 4. The van der Waals surface area contributed by atoms with Crippen molar-refractivity contribution in [2.75, 3.05) is 0 Å². The molecular formula is C42H32N2. The van der Waals surface area contributed by atoms with Crippen molar-refractivity contribution in [2.45, 2.75) is 13.8 Å². The van der Waals surface area contributed by atoms with Crippen molar-refractivity contribution in [3.05, 3.63) is 163 Å². The van der Waals surface area contributed by atoms with Crippen LogP contribution in [0.4, 0.5) is 0 Å². The van der Waals surface area contributed by atoms with Gasteiger partial charge in [0, 0.05) is 33.2 Å². The molecule has 0 atom stereocenters. The molecule has 0 bridgehead atoms. The summed E-state index contributed by atoms with van der Waals surface area (Å²) in [5.41, 5.74) is 13.4. The van der Waals surface area contributed by atoms with E-state index in [0.717, 1.165) is 5.69 Å². The molecule has 0 fully saturated rings. The molecule has 0 saturated carbocycles. The zero-order valence-corrected chi connectivity index (χ0v) is 24.9. The van der Waals surface area contributed by atoms with Crippen LogP contribution >= 0.6 is 0 Å². The highest BCUT2D eigenvalue weighted by molar-refractivity contribution is 6.10. The Morgan fingerprint density at radius 1 is 0.432 bits per heavy atom. The lowest BCUT2D eigenvalue weighted by Crippen LogP contribution is -1.97. The first kappa shape index (κ1) is 26.1. The van der Waals surface area contributed by atoms with Gasteiger partial charge in [-0.05, 0) is 90.2 Å². The van der Waals surface area contributed by atoms with Crippen LogP contribution in [0, 0.1) is 6.92 Å². The summed E-state index contributed by atoms with van der Waals surface area (Å²) in [4.78, 5) is 0. The zero-order chi connectivity index (χ0) is 29.6. The van der Waals surface area contributed by atoms with Crippen molar-refractivity contribution in [3.8, 4) is 33.6 Å². The second-order valence-corrected chi connectivity index (χ2v) is 11.4. The van der Waals surface area contributed by atoms with Crippen LogP contribution in [-0.2, 0) is 0 Å². The predicted octanol–water partition coefficient (Wildman–Crippen LogP) is 11.4. The second kappa shape index (κ2) is 10.6. The number of para-hydroxylation sites is 2. The van der Waals surface area contributed by atoms with Gasteiger partial charge in [0.2, 0.25) is 0 Å². The third kappa shape index (κ3) is 4.19. The van der Waals surface area contributed by atoms with Gasteiger partial charge in [-0.1, -0.05) is 109 Å². The van der Waals surface area contributed by atoms with E-state index in [1.165, 1.54) is 71.9 Å².